The van der Waals surface area contributed by atoms with Gasteiger partial charge < -0.3 is 15.2 Å². The van der Waals surface area contributed by atoms with E-state index in [2.05, 4.69) is 4.74 Å². The summed E-state index contributed by atoms with van der Waals surface area (Å²) in [6.45, 7) is 1.97. The van der Waals surface area contributed by atoms with Crippen molar-refractivity contribution in [2.45, 2.75) is 6.92 Å². The van der Waals surface area contributed by atoms with E-state index in [9.17, 15) is 14.0 Å². The van der Waals surface area contributed by atoms with Crippen molar-refractivity contribution in [1.29, 1.82) is 0 Å². The van der Waals surface area contributed by atoms with Crippen molar-refractivity contribution in [3.8, 4) is 11.5 Å². The molecule has 0 bridgehead atoms. The zero-order valence-corrected chi connectivity index (χ0v) is 16.6. The molecule has 0 radical (unpaired) electrons. The Hall–Kier alpha value is -3.38. The Morgan fingerprint density at radius 3 is 2.14 bits per heavy atom. The molecular formula is C22H19ClFNO4. The Bertz CT molecular complexity index is 989. The highest BCUT2D eigenvalue weighted by atomic mass is 35.5. The lowest BCUT2D eigenvalue weighted by Crippen LogP contribution is -2.12. The Balaban J connectivity index is 0.000000234. The summed E-state index contributed by atoms with van der Waals surface area (Å²) in [5.74, 6) is -0.618. The Morgan fingerprint density at radius 1 is 0.966 bits per heavy atom. The molecular weight excluding hydrogens is 397 g/mol. The fourth-order valence-electron chi connectivity index (χ4n) is 2.22. The lowest BCUT2D eigenvalue weighted by molar-refractivity contribution is 0.0600. The van der Waals surface area contributed by atoms with Crippen molar-refractivity contribution in [2.75, 3.05) is 7.11 Å². The third-order valence-corrected chi connectivity index (χ3v) is 3.96. The second-order valence-electron chi connectivity index (χ2n) is 5.92. The molecule has 0 aliphatic rings. The van der Waals surface area contributed by atoms with Crippen LogP contribution in [0.1, 0.15) is 26.3 Å². The molecule has 0 unspecified atom stereocenters. The Kier molecular flexibility index (Phi) is 7.74. The highest BCUT2D eigenvalue weighted by Crippen LogP contribution is 2.27. The average Bonchev–Trinajstić information content (AvgIpc) is 2.71. The number of methoxy groups -OCH3 is 1. The number of ether oxygens (including phenoxy) is 2. The predicted molar refractivity (Wildman–Crippen MR) is 109 cm³/mol. The summed E-state index contributed by atoms with van der Waals surface area (Å²) in [5, 5.41) is 0.384. The van der Waals surface area contributed by atoms with Crippen molar-refractivity contribution in [3.63, 3.8) is 0 Å². The first kappa shape index (κ1) is 21.9. The predicted octanol–water partition coefficient (Wildman–Crippen LogP) is 5.15. The molecule has 0 saturated heterocycles. The summed E-state index contributed by atoms with van der Waals surface area (Å²) in [5.41, 5.74) is 7.13. The molecule has 0 aliphatic carbocycles. The molecule has 0 saturated carbocycles. The number of amides is 1. The van der Waals surface area contributed by atoms with Gasteiger partial charge in [-0.1, -0.05) is 29.3 Å². The number of hydrogen-bond acceptors (Lipinski definition) is 4. The first-order valence-corrected chi connectivity index (χ1v) is 8.85. The van der Waals surface area contributed by atoms with Gasteiger partial charge in [0, 0.05) is 5.02 Å². The molecule has 29 heavy (non-hydrogen) atoms. The van der Waals surface area contributed by atoms with Gasteiger partial charge in [-0.05, 0) is 61.5 Å². The number of aryl methyl sites for hydroxylation is 1. The van der Waals surface area contributed by atoms with Crippen LogP contribution in [-0.2, 0) is 4.74 Å². The quantitative estimate of drug-likeness (QED) is 0.597. The number of carbonyl (C=O) groups is 2. The molecule has 0 heterocycles. The zero-order chi connectivity index (χ0) is 21.4. The molecule has 3 rings (SSSR count). The molecule has 3 aromatic carbocycles. The van der Waals surface area contributed by atoms with Crippen LogP contribution in [0.15, 0.2) is 66.7 Å². The van der Waals surface area contributed by atoms with Crippen LogP contribution in [0.4, 0.5) is 4.39 Å². The second-order valence-corrected chi connectivity index (χ2v) is 6.35. The lowest BCUT2D eigenvalue weighted by Gasteiger charge is -2.09. The van der Waals surface area contributed by atoms with Gasteiger partial charge in [-0.3, -0.25) is 4.79 Å². The number of primary amides is 1. The molecule has 7 heteroatoms. The maximum Gasteiger partial charge on any atom is 0.337 e. The summed E-state index contributed by atoms with van der Waals surface area (Å²) in [4.78, 5) is 22.1. The van der Waals surface area contributed by atoms with Gasteiger partial charge in [-0.25, -0.2) is 9.18 Å². The van der Waals surface area contributed by atoms with Crippen molar-refractivity contribution in [1.82, 2.24) is 0 Å². The van der Waals surface area contributed by atoms with Crippen molar-refractivity contribution < 1.29 is 23.5 Å². The first-order chi connectivity index (χ1) is 13.8. The Morgan fingerprint density at radius 2 is 1.59 bits per heavy atom. The number of carbonyl (C=O) groups excluding carboxylic acids is 2. The molecule has 5 nitrogen and oxygen atoms in total. The topological polar surface area (TPSA) is 78.6 Å². The van der Waals surface area contributed by atoms with Crippen molar-refractivity contribution in [3.05, 3.63) is 94.3 Å². The van der Waals surface area contributed by atoms with E-state index in [4.69, 9.17) is 22.1 Å². The maximum absolute atomic E-state index is 12.7. The van der Waals surface area contributed by atoms with Gasteiger partial charge in [0.15, 0.2) is 0 Å². The van der Waals surface area contributed by atoms with Gasteiger partial charge in [0.05, 0.1) is 18.2 Å². The van der Waals surface area contributed by atoms with Crippen molar-refractivity contribution >= 4 is 23.5 Å². The fraction of sp³-hybridized carbons (Fsp3) is 0.0909. The molecule has 2 N–H and O–H groups in total. The third-order valence-electron chi connectivity index (χ3n) is 3.72. The van der Waals surface area contributed by atoms with Gasteiger partial charge in [-0.15, -0.1) is 0 Å². The molecule has 1 amide bonds. The summed E-state index contributed by atoms with van der Waals surface area (Å²) in [6.07, 6.45) is 0. The van der Waals surface area contributed by atoms with Gasteiger partial charge in [0.2, 0.25) is 0 Å². The number of esters is 1. The van der Waals surface area contributed by atoms with E-state index >= 15 is 0 Å². The van der Waals surface area contributed by atoms with Crippen molar-refractivity contribution in [2.24, 2.45) is 5.73 Å². The van der Waals surface area contributed by atoms with Crippen LogP contribution in [0.3, 0.4) is 0 Å². The van der Waals surface area contributed by atoms with Gasteiger partial charge in [-0.2, -0.15) is 0 Å². The number of hydrogen-bond donors (Lipinski definition) is 1. The van der Waals surface area contributed by atoms with Crippen LogP contribution in [0, 0.1) is 12.7 Å². The fourth-order valence-corrected chi connectivity index (χ4v) is 2.39. The SMILES string of the molecule is COC(=O)c1ccc(C)cc1.NC(=O)c1cc(Cl)ccc1Oc1ccc(F)cc1. The van der Waals surface area contributed by atoms with E-state index in [1.807, 2.05) is 19.1 Å². The summed E-state index contributed by atoms with van der Waals surface area (Å²) in [6, 6.07) is 17.2. The molecule has 0 aliphatic heterocycles. The molecule has 3 aromatic rings. The van der Waals surface area contributed by atoms with E-state index in [1.54, 1.807) is 18.2 Å². The lowest BCUT2D eigenvalue weighted by atomic mass is 10.2. The number of rotatable bonds is 4. The highest BCUT2D eigenvalue weighted by molar-refractivity contribution is 6.31. The molecule has 0 aromatic heterocycles. The van der Waals surface area contributed by atoms with Crippen LogP contribution < -0.4 is 10.5 Å². The summed E-state index contributed by atoms with van der Waals surface area (Å²) in [7, 11) is 1.38. The molecule has 0 spiro atoms. The minimum atomic E-state index is -0.644. The molecule has 0 fully saturated rings. The van der Waals surface area contributed by atoms with Crippen LogP contribution in [0.25, 0.3) is 0 Å². The van der Waals surface area contributed by atoms with E-state index in [1.165, 1.54) is 43.5 Å². The smallest absolute Gasteiger partial charge is 0.337 e. The van der Waals surface area contributed by atoms with Crippen LogP contribution in [0.5, 0.6) is 11.5 Å². The normalized spacial score (nSPS) is 9.79. The highest BCUT2D eigenvalue weighted by Gasteiger charge is 2.11. The number of benzene rings is 3. The molecule has 150 valence electrons. The van der Waals surface area contributed by atoms with Gasteiger partial charge in [0.1, 0.15) is 17.3 Å². The van der Waals surface area contributed by atoms with Gasteiger partial charge >= 0.3 is 5.97 Å². The second kappa shape index (κ2) is 10.2. The van der Waals surface area contributed by atoms with E-state index in [0.717, 1.165) is 5.56 Å². The summed E-state index contributed by atoms with van der Waals surface area (Å²) < 4.78 is 22.7. The minimum Gasteiger partial charge on any atom is -0.465 e. The Labute approximate surface area is 172 Å². The van der Waals surface area contributed by atoms with E-state index in [-0.39, 0.29) is 23.1 Å². The largest absolute Gasteiger partial charge is 0.465 e. The van der Waals surface area contributed by atoms with Crippen LogP contribution in [0.2, 0.25) is 5.02 Å². The van der Waals surface area contributed by atoms with E-state index in [0.29, 0.717) is 16.3 Å². The maximum atomic E-state index is 12.7. The van der Waals surface area contributed by atoms with Crippen LogP contribution >= 0.6 is 11.6 Å². The monoisotopic (exact) mass is 415 g/mol. The van der Waals surface area contributed by atoms with Crippen LogP contribution in [-0.4, -0.2) is 19.0 Å². The van der Waals surface area contributed by atoms with Gasteiger partial charge in [0.25, 0.3) is 5.91 Å². The summed E-state index contributed by atoms with van der Waals surface area (Å²) >= 11 is 5.77. The number of nitrogens with two attached hydrogens (primary N) is 1. The standard InChI is InChI=1S/C13H9ClFNO2.C9H10O2/c14-8-1-6-12(11(7-8)13(16)17)18-10-4-2-9(15)3-5-10;1-7-3-5-8(6-4-7)9(10)11-2/h1-7H,(H2,16,17);3-6H,1-2H3. The third kappa shape index (κ3) is 6.62. The number of halogens is 2. The van der Waals surface area contributed by atoms with E-state index < -0.39 is 5.91 Å². The first-order valence-electron chi connectivity index (χ1n) is 8.48. The average molecular weight is 416 g/mol. The zero-order valence-electron chi connectivity index (χ0n) is 15.8. The minimum absolute atomic E-state index is 0.173. The molecule has 0 atom stereocenters.